The van der Waals surface area contributed by atoms with Crippen molar-refractivity contribution in [3.8, 4) is 0 Å². The Labute approximate surface area is 138 Å². The molecule has 3 rings (SSSR count). The lowest BCUT2D eigenvalue weighted by molar-refractivity contribution is 0.557. The van der Waals surface area contributed by atoms with Crippen LogP contribution in [0.2, 0.25) is 5.02 Å². The van der Waals surface area contributed by atoms with E-state index in [-0.39, 0.29) is 11.6 Å². The van der Waals surface area contributed by atoms with E-state index in [1.165, 1.54) is 6.07 Å². The summed E-state index contributed by atoms with van der Waals surface area (Å²) in [6.45, 7) is 0.173. The number of hydrogen-bond donors (Lipinski definition) is 2. The number of aromatic amines is 1. The van der Waals surface area contributed by atoms with Gasteiger partial charge in [0.2, 0.25) is 10.0 Å². The summed E-state index contributed by atoms with van der Waals surface area (Å²) >= 11 is 5.64. The molecule has 2 aromatic carbocycles. The monoisotopic (exact) mass is 352 g/mol. The van der Waals surface area contributed by atoms with Crippen molar-refractivity contribution in [2.24, 2.45) is 0 Å². The third-order valence-electron chi connectivity index (χ3n) is 3.54. The van der Waals surface area contributed by atoms with E-state index in [0.29, 0.717) is 6.42 Å². The van der Waals surface area contributed by atoms with Crippen LogP contribution in [0.15, 0.2) is 53.6 Å². The van der Waals surface area contributed by atoms with Gasteiger partial charge in [0.05, 0.1) is 0 Å². The normalized spacial score (nSPS) is 11.9. The topological polar surface area (TPSA) is 62.0 Å². The molecule has 120 valence electrons. The average Bonchev–Trinajstić information content (AvgIpc) is 2.90. The van der Waals surface area contributed by atoms with E-state index in [9.17, 15) is 12.8 Å². The number of nitrogens with one attached hydrogen (secondary N) is 2. The van der Waals surface area contributed by atoms with Crippen LogP contribution >= 0.6 is 11.6 Å². The highest BCUT2D eigenvalue weighted by Gasteiger charge is 2.18. The van der Waals surface area contributed by atoms with E-state index in [0.717, 1.165) is 28.6 Å². The summed E-state index contributed by atoms with van der Waals surface area (Å²) in [7, 11) is -3.91. The van der Waals surface area contributed by atoms with Crippen LogP contribution < -0.4 is 4.72 Å². The van der Waals surface area contributed by atoms with Gasteiger partial charge in [-0.25, -0.2) is 17.5 Å². The lowest BCUT2D eigenvalue weighted by Crippen LogP contribution is -2.26. The van der Waals surface area contributed by atoms with E-state index in [2.05, 4.69) is 9.71 Å². The third-order valence-corrected chi connectivity index (χ3v) is 5.27. The number of halogens is 2. The summed E-state index contributed by atoms with van der Waals surface area (Å²) in [5, 5.41) is 1.20. The zero-order chi connectivity index (χ0) is 16.4. The zero-order valence-corrected chi connectivity index (χ0v) is 13.6. The number of para-hydroxylation sites is 1. The van der Waals surface area contributed by atoms with Crippen molar-refractivity contribution in [1.82, 2.24) is 9.71 Å². The quantitative estimate of drug-likeness (QED) is 0.738. The van der Waals surface area contributed by atoms with E-state index in [1.807, 2.05) is 30.5 Å². The van der Waals surface area contributed by atoms with Crippen molar-refractivity contribution in [3.63, 3.8) is 0 Å². The third kappa shape index (κ3) is 3.39. The molecule has 0 fully saturated rings. The number of benzene rings is 2. The Balaban J connectivity index is 1.72. The van der Waals surface area contributed by atoms with Crippen molar-refractivity contribution >= 4 is 32.5 Å². The fraction of sp³-hybridized carbons (Fsp3) is 0.125. The molecule has 0 saturated heterocycles. The first kappa shape index (κ1) is 16.0. The van der Waals surface area contributed by atoms with Crippen molar-refractivity contribution in [2.45, 2.75) is 11.3 Å². The molecule has 0 unspecified atom stereocenters. The van der Waals surface area contributed by atoms with Gasteiger partial charge in [0.25, 0.3) is 0 Å². The van der Waals surface area contributed by atoms with Gasteiger partial charge in [-0.3, -0.25) is 0 Å². The molecular weight excluding hydrogens is 339 g/mol. The Hall–Kier alpha value is -1.89. The molecule has 1 aromatic heterocycles. The van der Waals surface area contributed by atoms with Crippen molar-refractivity contribution in [1.29, 1.82) is 0 Å². The van der Waals surface area contributed by atoms with Gasteiger partial charge in [-0.15, -0.1) is 0 Å². The molecule has 0 aliphatic heterocycles. The molecule has 7 heteroatoms. The van der Waals surface area contributed by atoms with Gasteiger partial charge >= 0.3 is 0 Å². The Bertz CT molecular complexity index is 954. The molecule has 0 saturated carbocycles. The molecule has 1 heterocycles. The van der Waals surface area contributed by atoms with Crippen LogP contribution in [0.5, 0.6) is 0 Å². The molecule has 0 radical (unpaired) electrons. The molecule has 2 N–H and O–H groups in total. The first-order valence-electron chi connectivity index (χ1n) is 6.97. The van der Waals surface area contributed by atoms with Crippen LogP contribution in [-0.2, 0) is 16.4 Å². The molecule has 4 nitrogen and oxygen atoms in total. The van der Waals surface area contributed by atoms with Crippen molar-refractivity contribution in [3.05, 3.63) is 65.1 Å². The van der Waals surface area contributed by atoms with E-state index in [4.69, 9.17) is 11.6 Å². The minimum absolute atomic E-state index is 0.153. The predicted octanol–water partition coefficient (Wildman–Crippen LogP) is 3.48. The highest BCUT2D eigenvalue weighted by molar-refractivity contribution is 7.89. The molecule has 0 aliphatic rings. The Morgan fingerprint density at radius 3 is 2.74 bits per heavy atom. The van der Waals surface area contributed by atoms with Gasteiger partial charge < -0.3 is 4.98 Å². The van der Waals surface area contributed by atoms with Crippen LogP contribution in [0.1, 0.15) is 5.56 Å². The summed E-state index contributed by atoms with van der Waals surface area (Å²) in [6, 6.07) is 11.3. The first-order chi connectivity index (χ1) is 11.0. The van der Waals surface area contributed by atoms with Gasteiger partial charge in [0, 0.05) is 28.7 Å². The molecule has 0 aliphatic carbocycles. The van der Waals surface area contributed by atoms with Crippen LogP contribution in [0, 0.1) is 5.82 Å². The number of rotatable bonds is 5. The van der Waals surface area contributed by atoms with E-state index in [1.54, 1.807) is 0 Å². The number of aromatic nitrogens is 1. The standard InChI is InChI=1S/C16H14ClFN2O2S/c17-12-5-6-16(14(18)9-12)23(21,22)20-8-7-11-10-19-15-4-2-1-3-13(11)15/h1-6,9-10,19-20H,7-8H2. The number of sulfonamides is 1. The van der Waals surface area contributed by atoms with Crippen LogP contribution in [0.25, 0.3) is 10.9 Å². The Morgan fingerprint density at radius 2 is 1.96 bits per heavy atom. The molecule has 0 bridgehead atoms. The highest BCUT2D eigenvalue weighted by Crippen LogP contribution is 2.20. The Morgan fingerprint density at radius 1 is 1.17 bits per heavy atom. The number of fused-ring (bicyclic) bond motifs is 1. The van der Waals surface area contributed by atoms with Gasteiger partial charge in [-0.2, -0.15) is 0 Å². The second-order valence-electron chi connectivity index (χ2n) is 5.08. The van der Waals surface area contributed by atoms with Gasteiger partial charge in [-0.1, -0.05) is 29.8 Å². The van der Waals surface area contributed by atoms with E-state index < -0.39 is 20.7 Å². The number of H-pyrrole nitrogens is 1. The zero-order valence-electron chi connectivity index (χ0n) is 12.0. The van der Waals surface area contributed by atoms with Crippen LogP contribution in [0.4, 0.5) is 4.39 Å². The molecule has 0 spiro atoms. The summed E-state index contributed by atoms with van der Waals surface area (Å²) in [5.41, 5.74) is 1.99. The minimum Gasteiger partial charge on any atom is -0.361 e. The van der Waals surface area contributed by atoms with Crippen molar-refractivity contribution < 1.29 is 12.8 Å². The molecule has 0 atom stereocenters. The largest absolute Gasteiger partial charge is 0.361 e. The average molecular weight is 353 g/mol. The lowest BCUT2D eigenvalue weighted by atomic mass is 10.1. The summed E-state index contributed by atoms with van der Waals surface area (Å²) < 4.78 is 40.5. The minimum atomic E-state index is -3.91. The van der Waals surface area contributed by atoms with Crippen LogP contribution in [-0.4, -0.2) is 19.9 Å². The molecule has 0 amide bonds. The van der Waals surface area contributed by atoms with E-state index >= 15 is 0 Å². The smallest absolute Gasteiger partial charge is 0.243 e. The maximum absolute atomic E-state index is 13.7. The summed E-state index contributed by atoms with van der Waals surface area (Å²) in [4.78, 5) is 2.73. The SMILES string of the molecule is O=S(=O)(NCCc1c[nH]c2ccccc12)c1ccc(Cl)cc1F. The predicted molar refractivity (Wildman–Crippen MR) is 88.6 cm³/mol. The summed E-state index contributed by atoms with van der Waals surface area (Å²) in [6.07, 6.45) is 2.35. The maximum atomic E-state index is 13.7. The van der Waals surface area contributed by atoms with Crippen molar-refractivity contribution in [2.75, 3.05) is 6.54 Å². The first-order valence-corrected chi connectivity index (χ1v) is 8.83. The fourth-order valence-electron chi connectivity index (χ4n) is 2.43. The maximum Gasteiger partial charge on any atom is 0.243 e. The number of hydrogen-bond acceptors (Lipinski definition) is 2. The lowest BCUT2D eigenvalue weighted by Gasteiger charge is -2.07. The molecular formula is C16H14ClFN2O2S. The molecule has 23 heavy (non-hydrogen) atoms. The highest BCUT2D eigenvalue weighted by atomic mass is 35.5. The summed E-state index contributed by atoms with van der Waals surface area (Å²) in [5.74, 6) is -0.864. The van der Waals surface area contributed by atoms with Gasteiger partial charge in [0.15, 0.2) is 0 Å². The second kappa shape index (κ2) is 6.31. The molecule has 3 aromatic rings. The second-order valence-corrected chi connectivity index (χ2v) is 7.25. The fourth-order valence-corrected chi connectivity index (χ4v) is 3.68. The Kier molecular flexibility index (Phi) is 4.39. The van der Waals surface area contributed by atoms with Gasteiger partial charge in [0.1, 0.15) is 10.7 Å². The van der Waals surface area contributed by atoms with Crippen LogP contribution in [0.3, 0.4) is 0 Å². The van der Waals surface area contributed by atoms with Gasteiger partial charge in [-0.05, 0) is 36.2 Å².